The zero-order valence-corrected chi connectivity index (χ0v) is 11.1. The molecule has 0 saturated heterocycles. The van der Waals surface area contributed by atoms with Crippen molar-refractivity contribution in [1.82, 2.24) is 4.72 Å². The van der Waals surface area contributed by atoms with E-state index in [1.165, 1.54) is 12.1 Å². The lowest BCUT2D eigenvalue weighted by Crippen LogP contribution is -2.56. The molecule has 1 aromatic rings. The summed E-state index contributed by atoms with van der Waals surface area (Å²) in [4.78, 5) is -0.491. The van der Waals surface area contributed by atoms with E-state index in [4.69, 9.17) is 11.6 Å². The number of sulfonamides is 1. The minimum Gasteiger partial charge on any atom is -0.394 e. The fourth-order valence-corrected chi connectivity index (χ4v) is 3.71. The van der Waals surface area contributed by atoms with Crippen LogP contribution in [0.15, 0.2) is 23.1 Å². The summed E-state index contributed by atoms with van der Waals surface area (Å²) in [5, 5.41) is 8.98. The Kier molecular flexibility index (Phi) is 3.64. The highest BCUT2D eigenvalue weighted by Gasteiger charge is 2.40. The van der Waals surface area contributed by atoms with Crippen LogP contribution in [0, 0.1) is 5.82 Å². The van der Waals surface area contributed by atoms with Crippen LogP contribution >= 0.6 is 11.6 Å². The van der Waals surface area contributed by atoms with E-state index in [0.717, 1.165) is 12.5 Å². The summed E-state index contributed by atoms with van der Waals surface area (Å²) < 4.78 is 40.2. The van der Waals surface area contributed by atoms with Crippen molar-refractivity contribution in [3.8, 4) is 0 Å². The number of nitrogens with one attached hydrogen (secondary N) is 1. The third kappa shape index (κ3) is 2.38. The van der Waals surface area contributed by atoms with Gasteiger partial charge in [0.05, 0.1) is 17.2 Å². The van der Waals surface area contributed by atoms with Gasteiger partial charge in [0.25, 0.3) is 0 Å². The number of rotatable bonds is 4. The summed E-state index contributed by atoms with van der Waals surface area (Å²) in [5.41, 5.74) is -0.854. The maximum Gasteiger partial charge on any atom is 0.244 e. The first-order chi connectivity index (χ1) is 8.40. The Labute approximate surface area is 110 Å². The van der Waals surface area contributed by atoms with Crippen LogP contribution in [0.4, 0.5) is 4.39 Å². The molecule has 0 aliphatic heterocycles. The Bertz CT molecular complexity index is 552. The van der Waals surface area contributed by atoms with E-state index in [9.17, 15) is 17.9 Å². The lowest BCUT2D eigenvalue weighted by atomic mass is 9.78. The second kappa shape index (κ2) is 4.77. The molecule has 2 rings (SSSR count). The van der Waals surface area contributed by atoms with Gasteiger partial charge in [-0.3, -0.25) is 0 Å². The van der Waals surface area contributed by atoms with Gasteiger partial charge in [0.15, 0.2) is 5.82 Å². The Morgan fingerprint density at radius 1 is 1.44 bits per heavy atom. The van der Waals surface area contributed by atoms with Crippen molar-refractivity contribution in [1.29, 1.82) is 0 Å². The largest absolute Gasteiger partial charge is 0.394 e. The fraction of sp³-hybridized carbons (Fsp3) is 0.455. The molecule has 0 amide bonds. The summed E-state index contributed by atoms with van der Waals surface area (Å²) in [6.45, 7) is -0.297. The predicted molar refractivity (Wildman–Crippen MR) is 65.4 cm³/mol. The molecule has 0 atom stereocenters. The van der Waals surface area contributed by atoms with E-state index in [2.05, 4.69) is 4.72 Å². The van der Waals surface area contributed by atoms with Gasteiger partial charge in [-0.15, -0.1) is 0 Å². The maximum absolute atomic E-state index is 13.7. The zero-order valence-electron chi connectivity index (χ0n) is 9.49. The third-order valence-electron chi connectivity index (χ3n) is 3.17. The predicted octanol–water partition coefficient (Wildman–Crippen LogP) is 1.67. The Morgan fingerprint density at radius 2 is 2.11 bits per heavy atom. The first kappa shape index (κ1) is 13.7. The van der Waals surface area contributed by atoms with Crippen LogP contribution in [0.2, 0.25) is 5.02 Å². The van der Waals surface area contributed by atoms with Gasteiger partial charge in [-0.2, -0.15) is 0 Å². The topological polar surface area (TPSA) is 66.4 Å². The van der Waals surface area contributed by atoms with Crippen LogP contribution in [0.25, 0.3) is 0 Å². The highest BCUT2D eigenvalue weighted by Crippen LogP contribution is 2.33. The standard InChI is InChI=1S/C11H13ClFNO3S/c12-8-3-1-4-9(10(8)13)18(16,17)14-11(7-15)5-2-6-11/h1,3-4,14-15H,2,5-7H2. The van der Waals surface area contributed by atoms with Gasteiger partial charge in [-0.25, -0.2) is 17.5 Å². The van der Waals surface area contributed by atoms with Crippen molar-refractivity contribution in [3.63, 3.8) is 0 Å². The molecule has 7 heteroatoms. The molecule has 0 spiro atoms. The second-order valence-electron chi connectivity index (χ2n) is 4.45. The first-order valence-corrected chi connectivity index (χ1v) is 7.35. The molecule has 0 radical (unpaired) electrons. The molecule has 1 saturated carbocycles. The quantitative estimate of drug-likeness (QED) is 0.887. The molecule has 2 N–H and O–H groups in total. The third-order valence-corrected chi connectivity index (χ3v) is 5.06. The number of hydrogen-bond donors (Lipinski definition) is 2. The van der Waals surface area contributed by atoms with Gasteiger partial charge >= 0.3 is 0 Å². The molecule has 1 aliphatic rings. The normalized spacial score (nSPS) is 18.4. The zero-order chi connectivity index (χ0) is 13.4. The maximum atomic E-state index is 13.7. The van der Waals surface area contributed by atoms with Gasteiger partial charge in [-0.05, 0) is 31.4 Å². The van der Waals surface area contributed by atoms with Gasteiger partial charge in [0.2, 0.25) is 10.0 Å². The molecule has 4 nitrogen and oxygen atoms in total. The number of aliphatic hydroxyl groups is 1. The Hall–Kier alpha value is -0.690. The van der Waals surface area contributed by atoms with Crippen molar-refractivity contribution in [2.75, 3.05) is 6.61 Å². The van der Waals surface area contributed by atoms with Gasteiger partial charge in [0.1, 0.15) is 4.90 Å². The van der Waals surface area contributed by atoms with Crippen molar-refractivity contribution in [2.24, 2.45) is 0 Å². The smallest absolute Gasteiger partial charge is 0.244 e. The number of aliphatic hydroxyl groups excluding tert-OH is 1. The minimum absolute atomic E-state index is 0.246. The molecule has 0 aromatic heterocycles. The van der Waals surface area contributed by atoms with E-state index in [1.807, 2.05) is 0 Å². The molecule has 100 valence electrons. The SMILES string of the molecule is O=S(=O)(NC1(CO)CCC1)c1cccc(Cl)c1F. The van der Waals surface area contributed by atoms with Gasteiger partial charge in [-0.1, -0.05) is 17.7 Å². The summed E-state index contributed by atoms with van der Waals surface area (Å²) in [5.74, 6) is -0.973. The number of halogens is 2. The van der Waals surface area contributed by atoms with Crippen LogP contribution in [-0.4, -0.2) is 25.7 Å². The second-order valence-corrected chi connectivity index (χ2v) is 6.51. The molecule has 0 heterocycles. The van der Waals surface area contributed by atoms with E-state index >= 15 is 0 Å². The van der Waals surface area contributed by atoms with E-state index < -0.39 is 26.3 Å². The molecule has 1 aliphatic carbocycles. The summed E-state index contributed by atoms with van der Waals surface area (Å²) in [7, 11) is -4.01. The highest BCUT2D eigenvalue weighted by atomic mass is 35.5. The molecule has 18 heavy (non-hydrogen) atoms. The Balaban J connectivity index is 2.34. The molecule has 0 bridgehead atoms. The van der Waals surface area contributed by atoms with Crippen LogP contribution in [0.5, 0.6) is 0 Å². The summed E-state index contributed by atoms with van der Waals surface area (Å²) in [6, 6.07) is 3.79. The van der Waals surface area contributed by atoms with Gasteiger partial charge in [0, 0.05) is 0 Å². The molecule has 1 fully saturated rings. The highest BCUT2D eigenvalue weighted by molar-refractivity contribution is 7.89. The molecular formula is C11H13ClFNO3S. The lowest BCUT2D eigenvalue weighted by molar-refractivity contribution is 0.110. The van der Waals surface area contributed by atoms with Crippen molar-refractivity contribution >= 4 is 21.6 Å². The van der Waals surface area contributed by atoms with Crippen LogP contribution in [0.3, 0.4) is 0 Å². The summed E-state index contributed by atoms with van der Waals surface area (Å²) >= 11 is 5.56. The number of benzene rings is 1. The van der Waals surface area contributed by atoms with Crippen LogP contribution in [0.1, 0.15) is 19.3 Å². The molecular weight excluding hydrogens is 281 g/mol. The first-order valence-electron chi connectivity index (χ1n) is 5.49. The minimum atomic E-state index is -4.01. The average molecular weight is 294 g/mol. The van der Waals surface area contributed by atoms with Crippen molar-refractivity contribution in [2.45, 2.75) is 29.7 Å². The van der Waals surface area contributed by atoms with E-state index in [-0.39, 0.29) is 11.6 Å². The lowest BCUT2D eigenvalue weighted by Gasteiger charge is -2.40. The Morgan fingerprint density at radius 3 is 2.61 bits per heavy atom. The van der Waals surface area contributed by atoms with Crippen molar-refractivity contribution in [3.05, 3.63) is 29.0 Å². The average Bonchev–Trinajstić information content (AvgIpc) is 2.27. The van der Waals surface area contributed by atoms with Crippen molar-refractivity contribution < 1.29 is 17.9 Å². The van der Waals surface area contributed by atoms with E-state index in [0.29, 0.717) is 12.8 Å². The number of hydrogen-bond acceptors (Lipinski definition) is 3. The summed E-state index contributed by atoms with van der Waals surface area (Å²) in [6.07, 6.45) is 1.93. The van der Waals surface area contributed by atoms with Gasteiger partial charge < -0.3 is 5.11 Å². The fourth-order valence-electron chi connectivity index (χ4n) is 1.93. The van der Waals surface area contributed by atoms with Crippen LogP contribution in [-0.2, 0) is 10.0 Å². The molecule has 1 aromatic carbocycles. The van der Waals surface area contributed by atoms with Crippen LogP contribution < -0.4 is 4.72 Å². The monoisotopic (exact) mass is 293 g/mol. The van der Waals surface area contributed by atoms with E-state index in [1.54, 1.807) is 0 Å². The molecule has 0 unspecified atom stereocenters.